The molecule has 7 heteroatoms. The molecule has 2 atom stereocenters. The minimum absolute atomic E-state index is 0. The topological polar surface area (TPSA) is 86.9 Å². The van der Waals surface area contributed by atoms with Crippen LogP contribution in [0.5, 0.6) is 0 Å². The first-order valence-corrected chi connectivity index (χ1v) is 7.54. The minimum Gasteiger partial charge on any atom is -0.465 e. The Kier molecular flexibility index (Phi) is 6.74. The molecule has 122 valence electrons. The zero-order valence-corrected chi connectivity index (χ0v) is 13.3. The summed E-state index contributed by atoms with van der Waals surface area (Å²) in [4.78, 5) is 26.6. The molecule has 0 bridgehead atoms. The summed E-state index contributed by atoms with van der Waals surface area (Å²) in [5.74, 6) is 0.287. The van der Waals surface area contributed by atoms with Gasteiger partial charge in [-0.3, -0.25) is 4.79 Å². The van der Waals surface area contributed by atoms with Gasteiger partial charge in [0.05, 0.1) is 6.04 Å². The normalized spacial score (nSPS) is 25.1. The van der Waals surface area contributed by atoms with E-state index in [4.69, 9.17) is 10.8 Å². The van der Waals surface area contributed by atoms with Gasteiger partial charge >= 0.3 is 6.09 Å². The molecule has 0 spiro atoms. The van der Waals surface area contributed by atoms with Gasteiger partial charge in [-0.05, 0) is 25.7 Å². The monoisotopic (exact) mass is 319 g/mol. The highest BCUT2D eigenvalue weighted by Gasteiger charge is 2.35. The van der Waals surface area contributed by atoms with Crippen molar-refractivity contribution in [2.75, 3.05) is 19.6 Å². The molecule has 3 N–H and O–H groups in total. The van der Waals surface area contributed by atoms with Crippen molar-refractivity contribution >= 4 is 24.4 Å². The Labute approximate surface area is 132 Å². The molecule has 0 aromatic carbocycles. The fourth-order valence-electron chi connectivity index (χ4n) is 3.35. The third-order valence-electron chi connectivity index (χ3n) is 4.62. The van der Waals surface area contributed by atoms with Gasteiger partial charge in [0, 0.05) is 25.7 Å². The Hall–Kier alpha value is -1.01. The average Bonchev–Trinajstić information content (AvgIpc) is 2.46. The van der Waals surface area contributed by atoms with Gasteiger partial charge in [-0.2, -0.15) is 0 Å². The van der Waals surface area contributed by atoms with Crippen LogP contribution in [-0.4, -0.2) is 58.6 Å². The van der Waals surface area contributed by atoms with E-state index in [-0.39, 0.29) is 24.4 Å². The molecule has 1 aliphatic carbocycles. The first-order valence-electron chi connectivity index (χ1n) is 7.54. The van der Waals surface area contributed by atoms with Crippen molar-refractivity contribution < 1.29 is 14.7 Å². The largest absolute Gasteiger partial charge is 0.465 e. The van der Waals surface area contributed by atoms with Gasteiger partial charge < -0.3 is 20.6 Å². The van der Waals surface area contributed by atoms with Crippen molar-refractivity contribution in [2.45, 2.75) is 51.1 Å². The fraction of sp³-hybridized carbons (Fsp3) is 0.857. The number of carbonyl (C=O) groups is 2. The zero-order valence-electron chi connectivity index (χ0n) is 12.5. The lowest BCUT2D eigenvalue weighted by atomic mass is 9.83. The van der Waals surface area contributed by atoms with Crippen LogP contribution in [0.1, 0.15) is 39.0 Å². The number of carbonyl (C=O) groups excluding carboxylic acids is 1. The van der Waals surface area contributed by atoms with E-state index in [0.29, 0.717) is 25.6 Å². The zero-order chi connectivity index (χ0) is 14.7. The van der Waals surface area contributed by atoms with Gasteiger partial charge in [0.25, 0.3) is 0 Å². The van der Waals surface area contributed by atoms with Gasteiger partial charge in [-0.1, -0.05) is 19.3 Å². The molecular weight excluding hydrogens is 294 g/mol. The second kappa shape index (κ2) is 7.84. The Bertz CT molecular complexity index is 374. The van der Waals surface area contributed by atoms with Gasteiger partial charge in [-0.15, -0.1) is 12.4 Å². The van der Waals surface area contributed by atoms with Crippen molar-refractivity contribution in [1.82, 2.24) is 9.80 Å². The molecule has 1 saturated carbocycles. The predicted octanol–water partition coefficient (Wildman–Crippen LogP) is 1.53. The molecule has 0 aromatic heterocycles. The SMILES string of the molecule is C[C@@H]1CN(C(=O)O)CCN1C(=O)C(N)C1CCCCC1.Cl. The standard InChI is InChI=1S/C14H25N3O3.ClH/c1-10-9-16(14(19)20)7-8-17(10)13(18)12(15)11-5-3-2-4-6-11;/h10-12H,2-9,15H2,1H3,(H,19,20);1H/t10-,12?;/m1./s1. The molecule has 1 unspecified atom stereocenters. The molecule has 2 aliphatic rings. The minimum atomic E-state index is -0.916. The first kappa shape index (κ1) is 18.0. The predicted molar refractivity (Wildman–Crippen MR) is 82.6 cm³/mol. The summed E-state index contributed by atoms with van der Waals surface area (Å²) in [7, 11) is 0. The van der Waals surface area contributed by atoms with Crippen LogP contribution in [-0.2, 0) is 4.79 Å². The van der Waals surface area contributed by atoms with E-state index in [1.165, 1.54) is 11.3 Å². The van der Waals surface area contributed by atoms with Gasteiger partial charge in [0.15, 0.2) is 0 Å². The lowest BCUT2D eigenvalue weighted by Crippen LogP contribution is -2.59. The lowest BCUT2D eigenvalue weighted by Gasteiger charge is -2.41. The third-order valence-corrected chi connectivity index (χ3v) is 4.62. The number of nitrogens with zero attached hydrogens (tertiary/aromatic N) is 2. The highest BCUT2D eigenvalue weighted by molar-refractivity contribution is 5.85. The van der Waals surface area contributed by atoms with Crippen LogP contribution < -0.4 is 5.73 Å². The molecule has 2 fully saturated rings. The number of piperazine rings is 1. The molecule has 1 aliphatic heterocycles. The van der Waals surface area contributed by atoms with Crippen LogP contribution in [0, 0.1) is 5.92 Å². The van der Waals surface area contributed by atoms with Gasteiger partial charge in [0.1, 0.15) is 0 Å². The Morgan fingerprint density at radius 2 is 1.81 bits per heavy atom. The molecule has 0 radical (unpaired) electrons. The molecule has 2 rings (SSSR count). The summed E-state index contributed by atoms with van der Waals surface area (Å²) in [6.45, 7) is 3.09. The molecule has 6 nitrogen and oxygen atoms in total. The van der Waals surface area contributed by atoms with Crippen molar-refractivity contribution in [3.63, 3.8) is 0 Å². The second-order valence-electron chi connectivity index (χ2n) is 6.03. The fourth-order valence-corrected chi connectivity index (χ4v) is 3.35. The summed E-state index contributed by atoms with van der Waals surface area (Å²) in [5, 5.41) is 8.99. The molecule has 1 saturated heterocycles. The second-order valence-corrected chi connectivity index (χ2v) is 6.03. The van der Waals surface area contributed by atoms with Crippen LogP contribution >= 0.6 is 12.4 Å². The number of nitrogens with two attached hydrogens (primary N) is 1. The maximum absolute atomic E-state index is 12.5. The number of hydrogen-bond acceptors (Lipinski definition) is 3. The van der Waals surface area contributed by atoms with E-state index < -0.39 is 12.1 Å². The summed E-state index contributed by atoms with van der Waals surface area (Å²) >= 11 is 0. The van der Waals surface area contributed by atoms with Crippen molar-refractivity contribution in [3.8, 4) is 0 Å². The number of rotatable bonds is 2. The van der Waals surface area contributed by atoms with Gasteiger partial charge in [-0.25, -0.2) is 4.79 Å². The Balaban J connectivity index is 0.00000220. The lowest BCUT2D eigenvalue weighted by molar-refractivity contribution is -0.138. The highest BCUT2D eigenvalue weighted by atomic mass is 35.5. The average molecular weight is 320 g/mol. The number of amides is 2. The van der Waals surface area contributed by atoms with E-state index >= 15 is 0 Å². The number of hydrogen-bond donors (Lipinski definition) is 2. The number of halogens is 1. The molecular formula is C14H26ClN3O3. The highest BCUT2D eigenvalue weighted by Crippen LogP contribution is 2.27. The van der Waals surface area contributed by atoms with Crippen molar-refractivity contribution in [3.05, 3.63) is 0 Å². The maximum atomic E-state index is 12.5. The van der Waals surface area contributed by atoms with Crippen molar-refractivity contribution in [2.24, 2.45) is 11.7 Å². The van der Waals surface area contributed by atoms with Crippen LogP contribution in [0.2, 0.25) is 0 Å². The van der Waals surface area contributed by atoms with Crippen LogP contribution in [0.4, 0.5) is 4.79 Å². The van der Waals surface area contributed by atoms with E-state index in [2.05, 4.69) is 0 Å². The van der Waals surface area contributed by atoms with E-state index in [9.17, 15) is 9.59 Å². The van der Waals surface area contributed by atoms with Crippen LogP contribution in [0.3, 0.4) is 0 Å². The van der Waals surface area contributed by atoms with Crippen LogP contribution in [0.15, 0.2) is 0 Å². The van der Waals surface area contributed by atoms with E-state index in [1.807, 2.05) is 6.92 Å². The van der Waals surface area contributed by atoms with E-state index in [0.717, 1.165) is 25.7 Å². The van der Waals surface area contributed by atoms with Crippen molar-refractivity contribution in [1.29, 1.82) is 0 Å². The van der Waals surface area contributed by atoms with E-state index in [1.54, 1.807) is 4.90 Å². The molecule has 21 heavy (non-hydrogen) atoms. The summed E-state index contributed by atoms with van der Waals surface area (Å²) < 4.78 is 0. The molecule has 2 amide bonds. The Morgan fingerprint density at radius 3 is 2.33 bits per heavy atom. The smallest absolute Gasteiger partial charge is 0.407 e. The maximum Gasteiger partial charge on any atom is 0.407 e. The summed E-state index contributed by atoms with van der Waals surface area (Å²) in [6.07, 6.45) is 4.72. The third kappa shape index (κ3) is 4.23. The molecule has 1 heterocycles. The van der Waals surface area contributed by atoms with Gasteiger partial charge in [0.2, 0.25) is 5.91 Å². The van der Waals surface area contributed by atoms with Crippen LogP contribution in [0.25, 0.3) is 0 Å². The number of carboxylic acid groups (broad SMARTS) is 1. The summed E-state index contributed by atoms with van der Waals surface area (Å²) in [5.41, 5.74) is 6.16. The molecule has 0 aromatic rings. The first-order chi connectivity index (χ1) is 9.50. The Morgan fingerprint density at radius 1 is 1.19 bits per heavy atom. The summed E-state index contributed by atoms with van der Waals surface area (Å²) in [6, 6.07) is -0.517. The quantitative estimate of drug-likeness (QED) is 0.808.